The number of carbonyl (C=O) groups is 1. The van der Waals surface area contributed by atoms with Crippen LogP contribution in [0.2, 0.25) is 23.7 Å². The quantitative estimate of drug-likeness (QED) is 0.616. The summed E-state index contributed by atoms with van der Waals surface area (Å²) < 4.78 is 4.86. The van der Waals surface area contributed by atoms with E-state index in [-0.39, 0.29) is 23.6 Å². The van der Waals surface area contributed by atoms with Gasteiger partial charge in [0.15, 0.2) is 6.10 Å². The molecule has 0 rings (SSSR count). The van der Waals surface area contributed by atoms with Gasteiger partial charge in [0.2, 0.25) is 0 Å². The summed E-state index contributed by atoms with van der Waals surface area (Å²) in [6.07, 6.45) is -0.998. The lowest BCUT2D eigenvalue weighted by Gasteiger charge is -2.43. The van der Waals surface area contributed by atoms with Crippen molar-refractivity contribution in [2.75, 3.05) is 6.61 Å². The summed E-state index contributed by atoms with van der Waals surface area (Å²) in [5, 5.41) is 19.1. The van der Waals surface area contributed by atoms with Crippen molar-refractivity contribution in [3.05, 3.63) is 0 Å². The van der Waals surface area contributed by atoms with Crippen LogP contribution in [-0.2, 0) is 9.53 Å². The molecule has 0 radical (unpaired) electrons. The predicted molar refractivity (Wildman–Crippen MR) is 73.8 cm³/mol. The van der Waals surface area contributed by atoms with Gasteiger partial charge in [-0.3, -0.25) is 0 Å². The minimum Gasteiger partial charge on any atom is -0.464 e. The number of nitriles is 1. The Morgan fingerprint density at radius 2 is 1.94 bits per heavy atom. The average molecular weight is 271 g/mol. The van der Waals surface area contributed by atoms with E-state index < -0.39 is 20.1 Å². The minimum atomic E-state index is -1.98. The van der Waals surface area contributed by atoms with Gasteiger partial charge in [-0.05, 0) is 12.0 Å². The molecule has 5 heteroatoms. The number of hydrogen-bond donors (Lipinski definition) is 1. The third-order valence-electron chi connectivity index (χ3n) is 4.08. The zero-order valence-electron chi connectivity index (χ0n) is 12.3. The Labute approximate surface area is 111 Å². The van der Waals surface area contributed by atoms with Crippen LogP contribution in [0.5, 0.6) is 0 Å². The standard InChI is InChI=1S/C13H25NO3Si/c1-7-17-12(16)11(15)10(8-9-14)18(5,6)13(2,3)4/h10-11,15H,7-8H2,1-6H3/t10?,11-/m0/s1. The summed E-state index contributed by atoms with van der Waals surface area (Å²) in [6, 6.07) is 2.09. The van der Waals surface area contributed by atoms with Gasteiger partial charge in [0.05, 0.1) is 20.7 Å². The normalized spacial score (nSPS) is 15.7. The van der Waals surface area contributed by atoms with E-state index in [1.807, 2.05) is 0 Å². The van der Waals surface area contributed by atoms with Crippen LogP contribution in [0.1, 0.15) is 34.1 Å². The summed E-state index contributed by atoms with van der Waals surface area (Å²) in [5.74, 6) is -0.609. The molecular formula is C13H25NO3Si. The SMILES string of the molecule is CCOC(=O)[C@@H](O)C(CC#N)[Si](C)(C)C(C)(C)C. The molecule has 0 aromatic carbocycles. The van der Waals surface area contributed by atoms with E-state index in [1.165, 1.54) is 0 Å². The van der Waals surface area contributed by atoms with E-state index in [4.69, 9.17) is 10.00 Å². The zero-order chi connectivity index (χ0) is 14.6. The molecule has 1 unspecified atom stereocenters. The summed E-state index contributed by atoms with van der Waals surface area (Å²) in [7, 11) is -1.98. The lowest BCUT2D eigenvalue weighted by atomic mass is 10.2. The maximum atomic E-state index is 11.7. The first-order chi connectivity index (χ1) is 8.09. The highest BCUT2D eigenvalue weighted by Crippen LogP contribution is 2.46. The van der Waals surface area contributed by atoms with Crippen molar-refractivity contribution < 1.29 is 14.6 Å². The van der Waals surface area contributed by atoms with Gasteiger partial charge in [-0.2, -0.15) is 5.26 Å². The second-order valence-corrected chi connectivity index (χ2v) is 11.8. The van der Waals surface area contributed by atoms with Gasteiger partial charge in [-0.1, -0.05) is 33.9 Å². The maximum absolute atomic E-state index is 11.7. The Bertz CT molecular complexity index is 328. The molecule has 0 bridgehead atoms. The van der Waals surface area contributed by atoms with Crippen LogP contribution in [0.25, 0.3) is 0 Å². The predicted octanol–water partition coefficient (Wildman–Crippen LogP) is 2.70. The van der Waals surface area contributed by atoms with Gasteiger partial charge in [0.25, 0.3) is 0 Å². The molecule has 0 saturated carbocycles. The molecule has 0 fully saturated rings. The lowest BCUT2D eigenvalue weighted by Crippen LogP contribution is -2.49. The van der Waals surface area contributed by atoms with Crippen LogP contribution >= 0.6 is 0 Å². The molecule has 0 saturated heterocycles. The highest BCUT2D eigenvalue weighted by Gasteiger charge is 2.47. The summed E-state index contributed by atoms with van der Waals surface area (Å²) in [6.45, 7) is 12.5. The van der Waals surface area contributed by atoms with Crippen LogP contribution in [0.4, 0.5) is 0 Å². The topological polar surface area (TPSA) is 70.3 Å². The maximum Gasteiger partial charge on any atom is 0.334 e. The minimum absolute atomic E-state index is 0.00198. The number of aliphatic hydroxyl groups is 1. The molecule has 0 aromatic rings. The Kier molecular flexibility index (Phi) is 6.04. The first kappa shape index (κ1) is 17.1. The molecule has 0 aromatic heterocycles. The highest BCUT2D eigenvalue weighted by molar-refractivity contribution is 6.81. The number of carbonyl (C=O) groups excluding carboxylic acids is 1. The lowest BCUT2D eigenvalue weighted by molar-refractivity contribution is -0.153. The Morgan fingerprint density at radius 1 is 1.44 bits per heavy atom. The molecule has 1 N–H and O–H groups in total. The molecule has 2 atom stereocenters. The first-order valence-corrected chi connectivity index (χ1v) is 9.39. The van der Waals surface area contributed by atoms with Crippen LogP contribution in [0.15, 0.2) is 0 Å². The van der Waals surface area contributed by atoms with Crippen molar-refractivity contribution in [3.8, 4) is 6.07 Å². The van der Waals surface area contributed by atoms with Crippen LogP contribution in [-0.4, -0.2) is 31.9 Å². The average Bonchev–Trinajstić information content (AvgIpc) is 2.23. The van der Waals surface area contributed by atoms with Crippen LogP contribution < -0.4 is 0 Å². The number of nitrogens with zero attached hydrogens (tertiary/aromatic N) is 1. The number of rotatable bonds is 5. The van der Waals surface area contributed by atoms with E-state index >= 15 is 0 Å². The van der Waals surface area contributed by atoms with Gasteiger partial charge < -0.3 is 9.84 Å². The van der Waals surface area contributed by atoms with Gasteiger partial charge in [-0.25, -0.2) is 4.79 Å². The van der Waals surface area contributed by atoms with E-state index in [0.29, 0.717) is 0 Å². The first-order valence-electron chi connectivity index (χ1n) is 6.31. The monoisotopic (exact) mass is 271 g/mol. The Morgan fingerprint density at radius 3 is 2.28 bits per heavy atom. The Balaban J connectivity index is 5.20. The second-order valence-electron chi connectivity index (χ2n) is 6.14. The zero-order valence-corrected chi connectivity index (χ0v) is 13.3. The second kappa shape index (κ2) is 6.35. The van der Waals surface area contributed by atoms with Gasteiger partial charge in [-0.15, -0.1) is 0 Å². The molecule has 0 aliphatic carbocycles. The summed E-state index contributed by atoms with van der Waals surface area (Å²) >= 11 is 0. The van der Waals surface area contributed by atoms with Crippen molar-refractivity contribution in [2.24, 2.45) is 0 Å². The fraction of sp³-hybridized carbons (Fsp3) is 0.846. The summed E-state index contributed by atoms with van der Waals surface area (Å²) in [4.78, 5) is 11.7. The molecule has 0 aliphatic rings. The number of hydrogen-bond acceptors (Lipinski definition) is 4. The highest BCUT2D eigenvalue weighted by atomic mass is 28.3. The fourth-order valence-corrected chi connectivity index (χ4v) is 4.45. The van der Waals surface area contributed by atoms with Crippen molar-refractivity contribution in [1.29, 1.82) is 5.26 Å². The molecule has 104 valence electrons. The van der Waals surface area contributed by atoms with Crippen molar-refractivity contribution >= 4 is 14.0 Å². The molecule has 0 heterocycles. The van der Waals surface area contributed by atoms with Gasteiger partial charge >= 0.3 is 5.97 Å². The number of esters is 1. The largest absolute Gasteiger partial charge is 0.464 e. The Hall–Kier alpha value is -0.863. The van der Waals surface area contributed by atoms with Crippen LogP contribution in [0, 0.1) is 11.3 Å². The van der Waals surface area contributed by atoms with E-state index in [9.17, 15) is 9.90 Å². The fourth-order valence-electron chi connectivity index (χ4n) is 1.81. The van der Waals surface area contributed by atoms with Gasteiger partial charge in [0, 0.05) is 12.0 Å². The van der Waals surface area contributed by atoms with E-state index in [2.05, 4.69) is 39.9 Å². The number of aliphatic hydroxyl groups excluding tert-OH is 1. The van der Waals surface area contributed by atoms with E-state index in [0.717, 1.165) is 0 Å². The van der Waals surface area contributed by atoms with Crippen LogP contribution in [0.3, 0.4) is 0 Å². The third kappa shape index (κ3) is 3.82. The van der Waals surface area contributed by atoms with Crippen molar-refractivity contribution in [1.82, 2.24) is 0 Å². The third-order valence-corrected chi connectivity index (χ3v) is 10.3. The van der Waals surface area contributed by atoms with E-state index in [1.54, 1.807) is 6.92 Å². The molecule has 4 nitrogen and oxygen atoms in total. The molecular weight excluding hydrogens is 246 g/mol. The smallest absolute Gasteiger partial charge is 0.334 e. The van der Waals surface area contributed by atoms with Gasteiger partial charge in [0.1, 0.15) is 0 Å². The molecule has 18 heavy (non-hydrogen) atoms. The van der Waals surface area contributed by atoms with Crippen molar-refractivity contribution in [3.63, 3.8) is 0 Å². The summed E-state index contributed by atoms with van der Waals surface area (Å²) in [5.41, 5.74) is -0.304. The molecule has 0 spiro atoms. The molecule has 0 aliphatic heterocycles. The van der Waals surface area contributed by atoms with Crippen molar-refractivity contribution in [2.45, 2.75) is 63.9 Å². The number of ether oxygens (including phenoxy) is 1. The molecule has 0 amide bonds.